The first-order valence-electron chi connectivity index (χ1n) is 8.26. The number of amidine groups is 1. The minimum Gasteiger partial charge on any atom is -0.497 e. The molecule has 1 N–H and O–H groups in total. The minimum absolute atomic E-state index is 0.0340. The van der Waals surface area contributed by atoms with Crippen LogP contribution in [0.3, 0.4) is 0 Å². The number of methoxy groups -OCH3 is 1. The van der Waals surface area contributed by atoms with Gasteiger partial charge in [0.1, 0.15) is 11.4 Å². The molecule has 0 radical (unpaired) electrons. The van der Waals surface area contributed by atoms with E-state index in [2.05, 4.69) is 15.3 Å². The van der Waals surface area contributed by atoms with Crippen molar-refractivity contribution in [3.8, 4) is 5.75 Å². The van der Waals surface area contributed by atoms with Crippen LogP contribution in [0.2, 0.25) is 0 Å². The Hall–Kier alpha value is -2.72. The molecule has 146 valence electrons. The molecule has 0 spiro atoms. The summed E-state index contributed by atoms with van der Waals surface area (Å²) in [7, 11) is 1.58. The molecule has 3 rings (SSSR count). The highest BCUT2D eigenvalue weighted by atomic mass is 32.2. The molecule has 0 aliphatic carbocycles. The molecule has 8 nitrogen and oxygen atoms in total. The summed E-state index contributed by atoms with van der Waals surface area (Å²) in [6.45, 7) is 5.56. The summed E-state index contributed by atoms with van der Waals surface area (Å²) in [5.41, 5.74) is 0.711. The van der Waals surface area contributed by atoms with Gasteiger partial charge in [0.05, 0.1) is 16.9 Å². The van der Waals surface area contributed by atoms with Crippen LogP contribution in [-0.4, -0.2) is 28.1 Å². The van der Waals surface area contributed by atoms with Crippen molar-refractivity contribution in [2.24, 2.45) is 4.99 Å². The SMILES string of the molecule is COc1cccc(C=C2SC(=Nc3nc(C(C)(C)C)c([N+](=O)[O-])s3)NC2=O)c1. The minimum atomic E-state index is -0.485. The van der Waals surface area contributed by atoms with Crippen molar-refractivity contribution >= 4 is 50.4 Å². The average Bonchev–Trinajstić information content (AvgIpc) is 3.19. The zero-order valence-corrected chi connectivity index (χ0v) is 17.3. The number of thiazole rings is 1. The summed E-state index contributed by atoms with van der Waals surface area (Å²) in [5, 5.41) is 14.5. The van der Waals surface area contributed by atoms with Gasteiger partial charge in [-0.15, -0.1) is 0 Å². The Bertz CT molecular complexity index is 1010. The number of aromatic nitrogens is 1. The number of aliphatic imine (C=N–C) groups is 1. The molecule has 2 heterocycles. The number of carbonyl (C=O) groups excluding carboxylic acids is 1. The second-order valence-electron chi connectivity index (χ2n) is 6.92. The van der Waals surface area contributed by atoms with Gasteiger partial charge in [-0.3, -0.25) is 14.9 Å². The highest BCUT2D eigenvalue weighted by Gasteiger charge is 2.31. The van der Waals surface area contributed by atoms with Crippen molar-refractivity contribution in [2.75, 3.05) is 7.11 Å². The van der Waals surface area contributed by atoms with Gasteiger partial charge in [0.2, 0.25) is 5.13 Å². The molecule has 2 aromatic rings. The van der Waals surface area contributed by atoms with Crippen molar-refractivity contribution in [1.29, 1.82) is 0 Å². The molecular weight excluding hydrogens is 400 g/mol. The van der Waals surface area contributed by atoms with E-state index in [-0.39, 0.29) is 16.0 Å². The van der Waals surface area contributed by atoms with E-state index in [1.54, 1.807) is 13.2 Å². The number of hydrogen-bond donors (Lipinski definition) is 1. The third-order valence-electron chi connectivity index (χ3n) is 3.71. The van der Waals surface area contributed by atoms with Crippen LogP contribution in [-0.2, 0) is 10.2 Å². The van der Waals surface area contributed by atoms with Crippen molar-refractivity contribution in [3.05, 3.63) is 50.5 Å². The fourth-order valence-electron chi connectivity index (χ4n) is 2.41. The topological polar surface area (TPSA) is 107 Å². The Labute approximate surface area is 169 Å². The highest BCUT2D eigenvalue weighted by molar-refractivity contribution is 8.18. The van der Waals surface area contributed by atoms with E-state index in [0.29, 0.717) is 21.5 Å². The summed E-state index contributed by atoms with van der Waals surface area (Å²) in [5.74, 6) is 0.408. The maximum absolute atomic E-state index is 12.2. The van der Waals surface area contributed by atoms with Gasteiger partial charge in [0.25, 0.3) is 5.91 Å². The summed E-state index contributed by atoms with van der Waals surface area (Å²) < 4.78 is 5.18. The molecule has 1 aromatic carbocycles. The monoisotopic (exact) mass is 418 g/mol. The lowest BCUT2D eigenvalue weighted by molar-refractivity contribution is -0.381. The summed E-state index contributed by atoms with van der Waals surface area (Å²) in [6, 6.07) is 7.33. The fraction of sp³-hybridized carbons (Fsp3) is 0.278. The second kappa shape index (κ2) is 7.72. The van der Waals surface area contributed by atoms with E-state index in [4.69, 9.17) is 4.74 Å². The molecule has 28 heavy (non-hydrogen) atoms. The number of nitrogens with zero attached hydrogens (tertiary/aromatic N) is 3. The zero-order chi connectivity index (χ0) is 20.5. The summed E-state index contributed by atoms with van der Waals surface area (Å²) in [4.78, 5) is 32.2. The van der Waals surface area contributed by atoms with E-state index in [9.17, 15) is 14.9 Å². The lowest BCUT2D eigenvalue weighted by atomic mass is 9.93. The number of rotatable bonds is 4. The predicted octanol–water partition coefficient (Wildman–Crippen LogP) is 4.25. The van der Waals surface area contributed by atoms with Crippen molar-refractivity contribution in [2.45, 2.75) is 26.2 Å². The Balaban J connectivity index is 1.88. The van der Waals surface area contributed by atoms with E-state index in [0.717, 1.165) is 28.7 Å². The Morgan fingerprint density at radius 1 is 1.36 bits per heavy atom. The van der Waals surface area contributed by atoms with Gasteiger partial charge in [-0.2, -0.15) is 4.99 Å². The molecule has 1 amide bonds. The van der Waals surface area contributed by atoms with E-state index < -0.39 is 10.3 Å². The maximum Gasteiger partial charge on any atom is 0.349 e. The molecule has 10 heteroatoms. The van der Waals surface area contributed by atoms with Crippen LogP contribution in [0, 0.1) is 10.1 Å². The van der Waals surface area contributed by atoms with E-state index in [1.807, 2.05) is 45.0 Å². The summed E-state index contributed by atoms with van der Waals surface area (Å²) >= 11 is 2.05. The van der Waals surface area contributed by atoms with Gasteiger partial charge in [-0.1, -0.05) is 32.9 Å². The standard InChI is InChI=1S/C18H18N4O4S2/c1-18(2,3)13-15(22(24)25)28-16(19-13)21-17-20-14(23)12(27-17)9-10-6-5-7-11(8-10)26-4/h5-9H,1-4H3,(H,19,20,21,23). The number of carbonyl (C=O) groups is 1. The number of ether oxygens (including phenoxy) is 1. The molecule has 0 unspecified atom stereocenters. The maximum atomic E-state index is 12.2. The van der Waals surface area contributed by atoms with Gasteiger partial charge in [-0.05, 0) is 46.9 Å². The van der Waals surface area contributed by atoms with Crippen LogP contribution in [0.5, 0.6) is 5.75 Å². The smallest absolute Gasteiger partial charge is 0.349 e. The van der Waals surface area contributed by atoms with Crippen LogP contribution in [0.15, 0.2) is 34.2 Å². The van der Waals surface area contributed by atoms with E-state index >= 15 is 0 Å². The van der Waals surface area contributed by atoms with Gasteiger partial charge in [0.15, 0.2) is 5.17 Å². The number of thioether (sulfide) groups is 1. The fourth-order valence-corrected chi connectivity index (χ4v) is 4.26. The largest absolute Gasteiger partial charge is 0.497 e. The molecule has 1 fully saturated rings. The van der Waals surface area contributed by atoms with Crippen LogP contribution >= 0.6 is 23.1 Å². The molecule has 1 aliphatic heterocycles. The zero-order valence-electron chi connectivity index (χ0n) is 15.7. The Morgan fingerprint density at radius 2 is 2.11 bits per heavy atom. The molecule has 1 saturated heterocycles. The first-order valence-corrected chi connectivity index (χ1v) is 9.90. The van der Waals surface area contributed by atoms with Crippen molar-refractivity contribution < 1.29 is 14.5 Å². The second-order valence-corrected chi connectivity index (χ2v) is 8.90. The van der Waals surface area contributed by atoms with Crippen LogP contribution in [0.25, 0.3) is 6.08 Å². The van der Waals surface area contributed by atoms with Crippen LogP contribution < -0.4 is 10.1 Å². The highest BCUT2D eigenvalue weighted by Crippen LogP contribution is 2.40. The quantitative estimate of drug-likeness (QED) is 0.452. The molecule has 1 aromatic heterocycles. The Morgan fingerprint density at radius 3 is 2.71 bits per heavy atom. The first kappa shape index (κ1) is 20.0. The van der Waals surface area contributed by atoms with Gasteiger partial charge < -0.3 is 10.1 Å². The predicted molar refractivity (Wildman–Crippen MR) is 111 cm³/mol. The van der Waals surface area contributed by atoms with Gasteiger partial charge in [-0.25, -0.2) is 4.98 Å². The Kier molecular flexibility index (Phi) is 5.52. The first-order chi connectivity index (χ1) is 13.2. The number of amides is 1. The lowest BCUT2D eigenvalue weighted by Crippen LogP contribution is -2.19. The average molecular weight is 419 g/mol. The molecule has 1 aliphatic rings. The molecule has 0 atom stereocenters. The van der Waals surface area contributed by atoms with Gasteiger partial charge >= 0.3 is 5.00 Å². The third-order valence-corrected chi connectivity index (χ3v) is 5.52. The third kappa shape index (κ3) is 4.39. The van der Waals surface area contributed by atoms with Gasteiger partial charge in [0, 0.05) is 5.41 Å². The molecular formula is C18H18N4O4S2. The molecule has 0 saturated carbocycles. The van der Waals surface area contributed by atoms with E-state index in [1.165, 1.54) is 0 Å². The number of hydrogen-bond acceptors (Lipinski definition) is 8. The van der Waals surface area contributed by atoms with Crippen LogP contribution in [0.4, 0.5) is 10.1 Å². The number of nitrogens with one attached hydrogen (secondary N) is 1. The molecule has 0 bridgehead atoms. The van der Waals surface area contributed by atoms with Crippen molar-refractivity contribution in [1.82, 2.24) is 10.3 Å². The lowest BCUT2D eigenvalue weighted by Gasteiger charge is -2.13. The van der Waals surface area contributed by atoms with Crippen LogP contribution in [0.1, 0.15) is 32.0 Å². The van der Waals surface area contributed by atoms with Crippen molar-refractivity contribution in [3.63, 3.8) is 0 Å². The normalized spacial score (nSPS) is 17.2. The summed E-state index contributed by atoms with van der Waals surface area (Å²) in [6.07, 6.45) is 1.73. The number of nitro groups is 1. The number of benzene rings is 1.